The van der Waals surface area contributed by atoms with Crippen LogP contribution in [0.5, 0.6) is 0 Å². The maximum atomic E-state index is 12.8. The molecule has 0 unspecified atom stereocenters. The summed E-state index contributed by atoms with van der Waals surface area (Å²) in [6.07, 6.45) is 0. The van der Waals surface area contributed by atoms with E-state index >= 15 is 0 Å². The molecule has 4 heteroatoms. The van der Waals surface area contributed by atoms with Crippen LogP contribution >= 0.6 is 0 Å². The fraction of sp³-hybridized carbons (Fsp3) is 0.444. The molecule has 0 amide bonds. The molecule has 0 N–H and O–H groups in total. The Morgan fingerprint density at radius 3 is 1.95 bits per heavy atom. The van der Waals surface area contributed by atoms with E-state index in [1.165, 1.54) is 6.92 Å². The molecule has 2 rings (SSSR count). The van der Waals surface area contributed by atoms with Crippen molar-refractivity contribution in [2.24, 2.45) is 5.41 Å². The lowest BCUT2D eigenvalue weighted by molar-refractivity contribution is -0.113. The van der Waals surface area contributed by atoms with Gasteiger partial charge in [0.1, 0.15) is 11.4 Å². The molecule has 22 heavy (non-hydrogen) atoms. The van der Waals surface area contributed by atoms with Crippen LogP contribution in [0.15, 0.2) is 41.7 Å². The highest BCUT2D eigenvalue weighted by atomic mass is 16.1. The Morgan fingerprint density at radius 2 is 1.50 bits per heavy atom. The Bertz CT molecular complexity index is 601. The molecular weight excluding hydrogens is 276 g/mol. The molecule has 1 aliphatic rings. The van der Waals surface area contributed by atoms with Gasteiger partial charge >= 0.3 is 0 Å². The van der Waals surface area contributed by atoms with Crippen molar-refractivity contribution in [1.82, 2.24) is 9.80 Å². The van der Waals surface area contributed by atoms with E-state index in [1.807, 2.05) is 42.1 Å². The van der Waals surface area contributed by atoms with Crippen molar-refractivity contribution in [1.29, 1.82) is 0 Å². The van der Waals surface area contributed by atoms with Gasteiger partial charge in [-0.05, 0) is 12.3 Å². The average molecular weight is 300 g/mol. The van der Waals surface area contributed by atoms with Crippen LogP contribution in [-0.2, 0) is 4.79 Å². The maximum Gasteiger partial charge on any atom is 0.200 e. The predicted molar refractivity (Wildman–Crippen MR) is 87.5 cm³/mol. The topological polar surface area (TPSA) is 40.6 Å². The summed E-state index contributed by atoms with van der Waals surface area (Å²) in [5, 5.41) is 0. The van der Waals surface area contributed by atoms with Gasteiger partial charge in [-0.15, -0.1) is 0 Å². The minimum atomic E-state index is -0.207. The van der Waals surface area contributed by atoms with Crippen LogP contribution in [0.2, 0.25) is 0 Å². The van der Waals surface area contributed by atoms with Gasteiger partial charge in [0.2, 0.25) is 0 Å². The second-order valence-electron chi connectivity index (χ2n) is 6.83. The standard InChI is InChI=1S/C18H24N2O2/c1-13(21)15(16(22)14-9-7-6-8-10-14)17-19(4)11-18(2,3)12-20(17)5/h6-10H,11-12H2,1-5H3. The molecule has 4 nitrogen and oxygen atoms in total. The summed E-state index contributed by atoms with van der Waals surface area (Å²) in [7, 11) is 3.88. The second-order valence-corrected chi connectivity index (χ2v) is 6.83. The van der Waals surface area contributed by atoms with Crippen LogP contribution in [0.1, 0.15) is 31.1 Å². The van der Waals surface area contributed by atoms with E-state index in [4.69, 9.17) is 0 Å². The number of carbonyl (C=O) groups excluding carboxylic acids is 2. The Labute approximate surface area is 132 Å². The molecule has 1 saturated heterocycles. The zero-order valence-corrected chi connectivity index (χ0v) is 14.0. The molecule has 1 heterocycles. The smallest absolute Gasteiger partial charge is 0.200 e. The molecule has 1 fully saturated rings. The molecule has 1 aliphatic heterocycles. The van der Waals surface area contributed by atoms with Gasteiger partial charge in [0.15, 0.2) is 11.6 Å². The SMILES string of the molecule is CC(=O)C(C(=O)c1ccccc1)=C1N(C)CC(C)(C)CN1C. The van der Waals surface area contributed by atoms with Gasteiger partial charge in [0.05, 0.1) is 0 Å². The Balaban J connectivity index is 2.51. The maximum absolute atomic E-state index is 12.8. The highest BCUT2D eigenvalue weighted by molar-refractivity contribution is 6.26. The Morgan fingerprint density at radius 1 is 1.00 bits per heavy atom. The summed E-state index contributed by atoms with van der Waals surface area (Å²) in [4.78, 5) is 29.0. The molecular formula is C18H24N2O2. The van der Waals surface area contributed by atoms with Crippen molar-refractivity contribution in [3.05, 3.63) is 47.3 Å². The number of allylic oxidation sites excluding steroid dienone is 1. The average Bonchev–Trinajstić information content (AvgIpc) is 2.41. The van der Waals surface area contributed by atoms with Gasteiger partial charge in [-0.2, -0.15) is 0 Å². The van der Waals surface area contributed by atoms with Crippen LogP contribution in [0.25, 0.3) is 0 Å². The zero-order valence-electron chi connectivity index (χ0n) is 14.0. The highest BCUT2D eigenvalue weighted by Gasteiger charge is 2.35. The van der Waals surface area contributed by atoms with E-state index < -0.39 is 0 Å². The zero-order chi connectivity index (χ0) is 16.5. The lowest BCUT2D eigenvalue weighted by Gasteiger charge is -2.45. The Hall–Kier alpha value is -2.10. The van der Waals surface area contributed by atoms with E-state index in [0.717, 1.165) is 18.9 Å². The van der Waals surface area contributed by atoms with Gasteiger partial charge in [-0.3, -0.25) is 9.59 Å². The van der Waals surface area contributed by atoms with Gasteiger partial charge in [-0.25, -0.2) is 0 Å². The van der Waals surface area contributed by atoms with Crippen molar-refractivity contribution in [2.75, 3.05) is 27.2 Å². The van der Waals surface area contributed by atoms with E-state index in [9.17, 15) is 9.59 Å². The first-order chi connectivity index (χ1) is 10.2. The second kappa shape index (κ2) is 5.95. The first-order valence-electron chi connectivity index (χ1n) is 7.50. The summed E-state index contributed by atoms with van der Waals surface area (Å²) in [5.41, 5.74) is 0.934. The summed E-state index contributed by atoms with van der Waals surface area (Å²) in [6, 6.07) is 8.98. The number of carbonyl (C=O) groups is 2. The summed E-state index contributed by atoms with van der Waals surface area (Å²) in [6.45, 7) is 7.45. The number of Topliss-reactive ketones (excluding diaryl/α,β-unsaturated/α-hetero) is 2. The van der Waals surface area contributed by atoms with Crippen LogP contribution in [0, 0.1) is 5.41 Å². The number of hydrogen-bond acceptors (Lipinski definition) is 4. The molecule has 1 aromatic rings. The monoisotopic (exact) mass is 300 g/mol. The Kier molecular flexibility index (Phi) is 4.40. The van der Waals surface area contributed by atoms with Crippen molar-refractivity contribution in [3.63, 3.8) is 0 Å². The van der Waals surface area contributed by atoms with Crippen molar-refractivity contribution < 1.29 is 9.59 Å². The van der Waals surface area contributed by atoms with E-state index in [1.54, 1.807) is 12.1 Å². The molecule has 0 aromatic heterocycles. The van der Waals surface area contributed by atoms with Crippen LogP contribution in [0.3, 0.4) is 0 Å². The molecule has 118 valence electrons. The third kappa shape index (κ3) is 3.21. The lowest BCUT2D eigenvalue weighted by atomic mass is 9.89. The minimum Gasteiger partial charge on any atom is -0.360 e. The predicted octanol–water partition coefficient (Wildman–Crippen LogP) is 2.57. The van der Waals surface area contributed by atoms with Crippen LogP contribution < -0.4 is 0 Å². The van der Waals surface area contributed by atoms with Gasteiger partial charge in [0.25, 0.3) is 0 Å². The number of nitrogens with zero attached hydrogens (tertiary/aromatic N) is 2. The first kappa shape index (κ1) is 16.3. The summed E-state index contributed by atoms with van der Waals surface area (Å²) < 4.78 is 0. The highest BCUT2D eigenvalue weighted by Crippen LogP contribution is 2.30. The fourth-order valence-corrected chi connectivity index (χ4v) is 3.31. The van der Waals surface area contributed by atoms with E-state index in [0.29, 0.717) is 5.56 Å². The molecule has 0 radical (unpaired) electrons. The lowest BCUT2D eigenvalue weighted by Crippen LogP contribution is -2.50. The van der Waals surface area contributed by atoms with E-state index in [2.05, 4.69) is 13.8 Å². The quantitative estimate of drug-likeness (QED) is 0.372. The largest absolute Gasteiger partial charge is 0.360 e. The van der Waals surface area contributed by atoms with Crippen molar-refractivity contribution >= 4 is 11.6 Å². The van der Waals surface area contributed by atoms with Gasteiger partial charge in [0, 0.05) is 32.7 Å². The molecule has 1 aromatic carbocycles. The third-order valence-electron chi connectivity index (χ3n) is 3.89. The minimum absolute atomic E-state index is 0.116. The van der Waals surface area contributed by atoms with E-state index in [-0.39, 0.29) is 22.6 Å². The molecule has 0 atom stereocenters. The normalized spacial score (nSPS) is 17.4. The summed E-state index contributed by atoms with van der Waals surface area (Å²) in [5.74, 6) is 0.324. The number of ketones is 2. The molecule has 0 saturated carbocycles. The van der Waals surface area contributed by atoms with Crippen LogP contribution in [0.4, 0.5) is 0 Å². The number of hydrogen-bond donors (Lipinski definition) is 0. The molecule has 0 bridgehead atoms. The van der Waals surface area contributed by atoms with Gasteiger partial charge < -0.3 is 9.80 Å². The third-order valence-corrected chi connectivity index (χ3v) is 3.89. The molecule has 0 aliphatic carbocycles. The van der Waals surface area contributed by atoms with Crippen molar-refractivity contribution in [2.45, 2.75) is 20.8 Å². The summed E-state index contributed by atoms with van der Waals surface area (Å²) >= 11 is 0. The number of rotatable bonds is 3. The molecule has 0 spiro atoms. The number of benzene rings is 1. The fourth-order valence-electron chi connectivity index (χ4n) is 3.31. The van der Waals surface area contributed by atoms with Gasteiger partial charge in [-0.1, -0.05) is 44.2 Å². The van der Waals surface area contributed by atoms with Crippen LogP contribution in [-0.4, -0.2) is 48.6 Å². The first-order valence-corrected chi connectivity index (χ1v) is 7.50. The van der Waals surface area contributed by atoms with Crippen molar-refractivity contribution in [3.8, 4) is 0 Å².